The molecular weight excluding hydrogens is 498 g/mol. The summed E-state index contributed by atoms with van der Waals surface area (Å²) in [5.41, 5.74) is 1.32. The molecule has 0 saturated carbocycles. The first-order valence-corrected chi connectivity index (χ1v) is 11.7. The molecule has 186 valence electrons. The van der Waals surface area contributed by atoms with E-state index < -0.39 is 12.6 Å². The molecule has 0 spiro atoms. The van der Waals surface area contributed by atoms with Crippen LogP contribution in [0.4, 0.5) is 0 Å². The highest BCUT2D eigenvalue weighted by molar-refractivity contribution is 6.31. The molecule has 0 aliphatic carbocycles. The highest BCUT2D eigenvalue weighted by Gasteiger charge is 2.17. The van der Waals surface area contributed by atoms with Crippen molar-refractivity contribution in [1.29, 1.82) is 0 Å². The van der Waals surface area contributed by atoms with Crippen molar-refractivity contribution >= 4 is 45.7 Å². The smallest absolute Gasteiger partial charge is 0.341 e. The van der Waals surface area contributed by atoms with Crippen LogP contribution < -0.4 is 15.0 Å². The van der Waals surface area contributed by atoms with Gasteiger partial charge in [-0.25, -0.2) is 9.78 Å². The standard InChI is InChI=1S/C27H20ClN3O6/c1-2-35-23-11-16(7-9-22(23)36-15-25(32)33)14-29-31-26(30-20-6-4-3-5-19(20)27(31)34)24-13-17-12-18(28)8-10-21(17)37-24/h3-14H,2,15H2,1H3,(H,32,33). The minimum Gasteiger partial charge on any atom is -0.490 e. The molecule has 2 aromatic heterocycles. The molecule has 0 amide bonds. The summed E-state index contributed by atoms with van der Waals surface area (Å²) in [5.74, 6) is 0.110. The molecule has 5 aromatic rings. The lowest BCUT2D eigenvalue weighted by molar-refractivity contribution is -0.139. The zero-order valence-electron chi connectivity index (χ0n) is 19.6. The number of benzene rings is 3. The third-order valence-electron chi connectivity index (χ3n) is 5.39. The molecule has 2 heterocycles. The maximum absolute atomic E-state index is 13.4. The lowest BCUT2D eigenvalue weighted by Crippen LogP contribution is -2.20. The number of hydrogen-bond donors (Lipinski definition) is 1. The van der Waals surface area contributed by atoms with E-state index in [0.29, 0.717) is 45.2 Å². The largest absolute Gasteiger partial charge is 0.490 e. The van der Waals surface area contributed by atoms with Gasteiger partial charge in [-0.15, -0.1) is 0 Å². The molecular formula is C27H20ClN3O6. The van der Waals surface area contributed by atoms with Crippen molar-refractivity contribution < 1.29 is 23.8 Å². The first-order chi connectivity index (χ1) is 17.9. The Hall–Kier alpha value is -4.63. The first kappa shape index (κ1) is 24.1. The van der Waals surface area contributed by atoms with Gasteiger partial charge in [0.25, 0.3) is 5.56 Å². The van der Waals surface area contributed by atoms with Gasteiger partial charge in [0.1, 0.15) is 5.58 Å². The van der Waals surface area contributed by atoms with Crippen LogP contribution >= 0.6 is 11.6 Å². The van der Waals surface area contributed by atoms with Gasteiger partial charge < -0.3 is 19.0 Å². The summed E-state index contributed by atoms with van der Waals surface area (Å²) in [6.45, 7) is 1.64. The fourth-order valence-electron chi connectivity index (χ4n) is 3.77. The van der Waals surface area contributed by atoms with Gasteiger partial charge in [-0.05, 0) is 67.1 Å². The summed E-state index contributed by atoms with van der Waals surface area (Å²) < 4.78 is 18.0. The molecule has 0 saturated heterocycles. The summed E-state index contributed by atoms with van der Waals surface area (Å²) in [6.07, 6.45) is 1.48. The molecule has 0 unspecified atom stereocenters. The van der Waals surface area contributed by atoms with Gasteiger partial charge >= 0.3 is 5.97 Å². The van der Waals surface area contributed by atoms with E-state index in [2.05, 4.69) is 10.1 Å². The maximum Gasteiger partial charge on any atom is 0.341 e. The molecule has 3 aromatic carbocycles. The molecule has 1 N–H and O–H groups in total. The topological polar surface area (TPSA) is 116 Å². The Kier molecular flexibility index (Phi) is 6.61. The monoisotopic (exact) mass is 517 g/mol. The van der Waals surface area contributed by atoms with Crippen molar-refractivity contribution in [3.05, 3.63) is 87.7 Å². The van der Waals surface area contributed by atoms with E-state index in [0.717, 1.165) is 5.39 Å². The number of carbonyl (C=O) groups is 1. The second-order valence-electron chi connectivity index (χ2n) is 7.93. The number of halogens is 1. The van der Waals surface area contributed by atoms with Crippen molar-refractivity contribution in [3.63, 3.8) is 0 Å². The zero-order valence-corrected chi connectivity index (χ0v) is 20.3. The molecule has 0 aliphatic rings. The van der Waals surface area contributed by atoms with E-state index in [1.165, 1.54) is 10.9 Å². The molecule has 0 fully saturated rings. The van der Waals surface area contributed by atoms with Crippen molar-refractivity contribution in [3.8, 4) is 23.1 Å². The minimum absolute atomic E-state index is 0.221. The molecule has 37 heavy (non-hydrogen) atoms. The first-order valence-electron chi connectivity index (χ1n) is 11.3. The number of rotatable bonds is 8. The summed E-state index contributed by atoms with van der Waals surface area (Å²) in [4.78, 5) is 29.0. The molecule has 10 heteroatoms. The molecule has 0 aliphatic heterocycles. The van der Waals surface area contributed by atoms with Crippen LogP contribution in [0.5, 0.6) is 11.5 Å². The normalized spacial score (nSPS) is 11.4. The molecule has 5 rings (SSSR count). The van der Waals surface area contributed by atoms with E-state index in [4.69, 9.17) is 30.6 Å². The summed E-state index contributed by atoms with van der Waals surface area (Å²) >= 11 is 6.12. The Bertz CT molecular complexity index is 1720. The number of para-hydroxylation sites is 1. The quantitative estimate of drug-likeness (QED) is 0.281. The molecule has 0 radical (unpaired) electrons. The highest BCUT2D eigenvalue weighted by atomic mass is 35.5. The lowest BCUT2D eigenvalue weighted by Gasteiger charge is -2.11. The number of ether oxygens (including phenoxy) is 2. The fourth-order valence-corrected chi connectivity index (χ4v) is 3.95. The van der Waals surface area contributed by atoms with Gasteiger partial charge in [-0.3, -0.25) is 4.79 Å². The Morgan fingerprint density at radius 1 is 1.11 bits per heavy atom. The van der Waals surface area contributed by atoms with Crippen molar-refractivity contribution in [2.45, 2.75) is 6.92 Å². The van der Waals surface area contributed by atoms with Gasteiger partial charge in [-0.1, -0.05) is 23.7 Å². The number of carboxylic acids is 1. The Morgan fingerprint density at radius 2 is 1.95 bits per heavy atom. The third-order valence-corrected chi connectivity index (χ3v) is 5.63. The number of furan rings is 1. The summed E-state index contributed by atoms with van der Waals surface area (Å²) in [7, 11) is 0. The number of aliphatic carboxylic acids is 1. The van der Waals surface area contributed by atoms with Crippen LogP contribution in [-0.4, -0.2) is 40.2 Å². The van der Waals surface area contributed by atoms with E-state index in [1.54, 1.807) is 73.7 Å². The average Bonchev–Trinajstić information content (AvgIpc) is 3.30. The van der Waals surface area contributed by atoms with Crippen LogP contribution in [0.3, 0.4) is 0 Å². The molecule has 0 atom stereocenters. The number of hydrogen-bond acceptors (Lipinski definition) is 7. The predicted molar refractivity (Wildman–Crippen MR) is 140 cm³/mol. The number of fused-ring (bicyclic) bond motifs is 2. The fraction of sp³-hybridized carbons (Fsp3) is 0.111. The van der Waals surface area contributed by atoms with Crippen LogP contribution in [0.15, 0.2) is 81.0 Å². The third kappa shape index (κ3) is 5.03. The van der Waals surface area contributed by atoms with Crippen LogP contribution in [0, 0.1) is 0 Å². The van der Waals surface area contributed by atoms with Crippen molar-refractivity contribution in [2.75, 3.05) is 13.2 Å². The van der Waals surface area contributed by atoms with Crippen LogP contribution in [0.25, 0.3) is 33.5 Å². The van der Waals surface area contributed by atoms with Gasteiger partial charge in [0.05, 0.1) is 23.7 Å². The maximum atomic E-state index is 13.4. The van der Waals surface area contributed by atoms with E-state index in [-0.39, 0.29) is 17.1 Å². The molecule has 9 nitrogen and oxygen atoms in total. The van der Waals surface area contributed by atoms with Gasteiger partial charge in [-0.2, -0.15) is 9.78 Å². The Balaban J connectivity index is 1.61. The summed E-state index contributed by atoms with van der Waals surface area (Å²) in [5, 5.41) is 15.1. The number of aromatic nitrogens is 2. The number of nitrogens with zero attached hydrogens (tertiary/aromatic N) is 3. The van der Waals surface area contributed by atoms with Gasteiger partial charge in [0, 0.05) is 10.4 Å². The lowest BCUT2D eigenvalue weighted by atomic mass is 10.2. The van der Waals surface area contributed by atoms with Crippen LogP contribution in [0.1, 0.15) is 12.5 Å². The van der Waals surface area contributed by atoms with E-state index in [1.807, 2.05) is 0 Å². The minimum atomic E-state index is -1.10. The van der Waals surface area contributed by atoms with Crippen LogP contribution in [-0.2, 0) is 4.79 Å². The second-order valence-corrected chi connectivity index (χ2v) is 8.36. The molecule has 0 bridgehead atoms. The zero-order chi connectivity index (χ0) is 25.9. The second kappa shape index (κ2) is 10.2. The van der Waals surface area contributed by atoms with E-state index in [9.17, 15) is 9.59 Å². The van der Waals surface area contributed by atoms with Crippen molar-refractivity contribution in [1.82, 2.24) is 9.66 Å². The van der Waals surface area contributed by atoms with Crippen LogP contribution in [0.2, 0.25) is 5.02 Å². The number of carboxylic acid groups (broad SMARTS) is 1. The summed E-state index contributed by atoms with van der Waals surface area (Å²) in [6, 6.07) is 18.9. The SMILES string of the molecule is CCOc1cc(C=Nn2c(-c3cc4cc(Cl)ccc4o3)nc3ccccc3c2=O)ccc1OCC(=O)O. The Morgan fingerprint density at radius 3 is 2.76 bits per heavy atom. The Labute approximate surface area is 215 Å². The predicted octanol–water partition coefficient (Wildman–Crippen LogP) is 5.21. The van der Waals surface area contributed by atoms with E-state index >= 15 is 0 Å². The van der Waals surface area contributed by atoms with Gasteiger partial charge in [0.15, 0.2) is 23.9 Å². The highest BCUT2D eigenvalue weighted by Crippen LogP contribution is 2.30. The van der Waals surface area contributed by atoms with Crippen molar-refractivity contribution in [2.24, 2.45) is 5.10 Å². The van der Waals surface area contributed by atoms with Gasteiger partial charge in [0.2, 0.25) is 5.82 Å². The average molecular weight is 518 g/mol.